The Hall–Kier alpha value is -2.04. The van der Waals surface area contributed by atoms with Crippen LogP contribution >= 0.6 is 0 Å². The van der Waals surface area contributed by atoms with Gasteiger partial charge in [-0.3, -0.25) is 4.90 Å². The first-order valence-corrected chi connectivity index (χ1v) is 9.86. The standard InChI is InChI=1S/C23H32N2O2/c1-17(2)22-14-20(23(26)13-18(22)3)16-24(4)15-19-5-7-21(8-6-19)25-9-11-27-12-10-25/h5-8,13-14,17,26H,9-12,15-16H2,1-4H3. The Labute approximate surface area is 163 Å². The van der Waals surface area contributed by atoms with Gasteiger partial charge in [0.15, 0.2) is 0 Å². The van der Waals surface area contributed by atoms with Crippen LogP contribution in [0.15, 0.2) is 36.4 Å². The Kier molecular flexibility index (Phi) is 6.40. The van der Waals surface area contributed by atoms with Gasteiger partial charge in [0.05, 0.1) is 13.2 Å². The largest absolute Gasteiger partial charge is 0.508 e. The Morgan fingerprint density at radius 2 is 1.74 bits per heavy atom. The second-order valence-electron chi connectivity index (χ2n) is 7.93. The number of hydrogen-bond donors (Lipinski definition) is 1. The summed E-state index contributed by atoms with van der Waals surface area (Å²) >= 11 is 0. The van der Waals surface area contributed by atoms with E-state index in [4.69, 9.17) is 4.74 Å². The summed E-state index contributed by atoms with van der Waals surface area (Å²) in [6, 6.07) is 12.9. The average Bonchev–Trinajstić information content (AvgIpc) is 2.65. The Bertz CT molecular complexity index is 750. The quantitative estimate of drug-likeness (QED) is 0.825. The van der Waals surface area contributed by atoms with Crippen molar-refractivity contribution in [3.05, 3.63) is 58.7 Å². The van der Waals surface area contributed by atoms with Crippen molar-refractivity contribution in [2.24, 2.45) is 0 Å². The van der Waals surface area contributed by atoms with Crippen molar-refractivity contribution >= 4 is 5.69 Å². The SMILES string of the molecule is Cc1cc(O)c(CN(C)Cc2ccc(N3CCOCC3)cc2)cc1C(C)C. The minimum atomic E-state index is 0.395. The van der Waals surface area contributed by atoms with Crippen LogP contribution in [0, 0.1) is 6.92 Å². The zero-order valence-electron chi connectivity index (χ0n) is 17.0. The van der Waals surface area contributed by atoms with Crippen molar-refractivity contribution in [1.29, 1.82) is 0 Å². The number of anilines is 1. The molecule has 1 fully saturated rings. The summed E-state index contributed by atoms with van der Waals surface area (Å²) in [5, 5.41) is 10.4. The highest BCUT2D eigenvalue weighted by Crippen LogP contribution is 2.28. The van der Waals surface area contributed by atoms with Crippen molar-refractivity contribution in [1.82, 2.24) is 4.90 Å². The molecule has 0 radical (unpaired) electrons. The third-order valence-electron chi connectivity index (χ3n) is 5.29. The van der Waals surface area contributed by atoms with Crippen LogP contribution < -0.4 is 4.90 Å². The number of nitrogens with zero attached hydrogens (tertiary/aromatic N) is 2. The average molecular weight is 369 g/mol. The van der Waals surface area contributed by atoms with Gasteiger partial charge in [0.2, 0.25) is 0 Å². The lowest BCUT2D eigenvalue weighted by Crippen LogP contribution is -2.36. The molecule has 146 valence electrons. The topological polar surface area (TPSA) is 35.9 Å². The van der Waals surface area contributed by atoms with Gasteiger partial charge < -0.3 is 14.7 Å². The fraction of sp³-hybridized carbons (Fsp3) is 0.478. The molecule has 4 nitrogen and oxygen atoms in total. The van der Waals surface area contributed by atoms with Crippen LogP contribution in [0.4, 0.5) is 5.69 Å². The molecule has 3 rings (SSSR count). The van der Waals surface area contributed by atoms with E-state index in [0.717, 1.165) is 50.5 Å². The molecule has 4 heteroatoms. The van der Waals surface area contributed by atoms with Crippen LogP contribution in [-0.2, 0) is 17.8 Å². The van der Waals surface area contributed by atoms with E-state index in [1.807, 2.05) is 6.07 Å². The van der Waals surface area contributed by atoms with Gasteiger partial charge in [0.25, 0.3) is 0 Å². The molecule has 0 saturated carbocycles. The van der Waals surface area contributed by atoms with Gasteiger partial charge in [0, 0.05) is 37.4 Å². The lowest BCUT2D eigenvalue weighted by atomic mass is 9.95. The lowest BCUT2D eigenvalue weighted by molar-refractivity contribution is 0.122. The zero-order valence-corrected chi connectivity index (χ0v) is 17.0. The van der Waals surface area contributed by atoms with E-state index >= 15 is 0 Å². The van der Waals surface area contributed by atoms with Gasteiger partial charge in [-0.2, -0.15) is 0 Å². The molecule has 1 saturated heterocycles. The molecule has 0 aliphatic carbocycles. The van der Waals surface area contributed by atoms with Gasteiger partial charge in [-0.1, -0.05) is 32.0 Å². The molecule has 0 unspecified atom stereocenters. The maximum atomic E-state index is 10.4. The molecule has 1 aliphatic rings. The molecule has 0 bridgehead atoms. The van der Waals surface area contributed by atoms with Crippen LogP contribution in [0.5, 0.6) is 5.75 Å². The van der Waals surface area contributed by atoms with E-state index in [9.17, 15) is 5.11 Å². The third kappa shape index (κ3) is 5.02. The zero-order chi connectivity index (χ0) is 19.4. The summed E-state index contributed by atoms with van der Waals surface area (Å²) in [5.41, 5.74) is 6.02. The Morgan fingerprint density at radius 3 is 2.37 bits per heavy atom. The fourth-order valence-corrected chi connectivity index (χ4v) is 3.80. The fourth-order valence-electron chi connectivity index (χ4n) is 3.80. The summed E-state index contributed by atoms with van der Waals surface area (Å²) in [6.07, 6.45) is 0. The molecule has 2 aromatic carbocycles. The molecular formula is C23H32N2O2. The summed E-state index contributed by atoms with van der Waals surface area (Å²) in [6.45, 7) is 11.6. The number of rotatable bonds is 6. The summed E-state index contributed by atoms with van der Waals surface area (Å²) in [4.78, 5) is 4.62. The molecule has 1 heterocycles. The van der Waals surface area contributed by atoms with Crippen LogP contribution in [0.25, 0.3) is 0 Å². The smallest absolute Gasteiger partial charge is 0.120 e. The second kappa shape index (κ2) is 8.77. The summed E-state index contributed by atoms with van der Waals surface area (Å²) in [5.74, 6) is 0.855. The highest BCUT2D eigenvalue weighted by molar-refractivity contribution is 5.48. The first-order valence-electron chi connectivity index (χ1n) is 9.86. The van der Waals surface area contributed by atoms with Gasteiger partial charge in [-0.25, -0.2) is 0 Å². The number of morpholine rings is 1. The van der Waals surface area contributed by atoms with Gasteiger partial charge in [-0.05, 0) is 54.8 Å². The van der Waals surface area contributed by atoms with Crippen LogP contribution in [0.3, 0.4) is 0 Å². The first-order chi connectivity index (χ1) is 12.9. The minimum Gasteiger partial charge on any atom is -0.508 e. The molecular weight excluding hydrogens is 336 g/mol. The normalized spacial score (nSPS) is 15.0. The van der Waals surface area contributed by atoms with Gasteiger partial charge in [-0.15, -0.1) is 0 Å². The summed E-state index contributed by atoms with van der Waals surface area (Å²) in [7, 11) is 2.10. The van der Waals surface area contributed by atoms with Gasteiger partial charge in [0.1, 0.15) is 5.75 Å². The number of hydrogen-bond acceptors (Lipinski definition) is 4. The first kappa shape index (κ1) is 19.7. The molecule has 0 amide bonds. The van der Waals surface area contributed by atoms with Crippen LogP contribution in [0.1, 0.15) is 42.0 Å². The summed E-state index contributed by atoms with van der Waals surface area (Å²) < 4.78 is 5.43. The molecule has 27 heavy (non-hydrogen) atoms. The molecule has 1 N–H and O–H groups in total. The van der Waals surface area contributed by atoms with Crippen LogP contribution in [0.2, 0.25) is 0 Å². The van der Waals surface area contributed by atoms with E-state index in [2.05, 4.69) is 68.0 Å². The second-order valence-corrected chi connectivity index (χ2v) is 7.93. The monoisotopic (exact) mass is 368 g/mol. The number of aryl methyl sites for hydroxylation is 1. The van der Waals surface area contributed by atoms with Crippen molar-refractivity contribution < 1.29 is 9.84 Å². The number of phenolic OH excluding ortho intramolecular Hbond substituents is 1. The number of phenols is 1. The van der Waals surface area contributed by atoms with E-state index in [0.29, 0.717) is 11.7 Å². The van der Waals surface area contributed by atoms with E-state index in [1.54, 1.807) is 0 Å². The third-order valence-corrected chi connectivity index (χ3v) is 5.29. The predicted molar refractivity (Wildman–Crippen MR) is 112 cm³/mol. The Morgan fingerprint density at radius 1 is 1.07 bits per heavy atom. The van der Waals surface area contributed by atoms with E-state index < -0.39 is 0 Å². The molecule has 2 aromatic rings. The highest BCUT2D eigenvalue weighted by atomic mass is 16.5. The van der Waals surface area contributed by atoms with Crippen LogP contribution in [-0.4, -0.2) is 43.4 Å². The maximum absolute atomic E-state index is 10.4. The number of ether oxygens (including phenoxy) is 1. The van der Waals surface area contributed by atoms with E-state index in [-0.39, 0.29) is 0 Å². The molecule has 0 aromatic heterocycles. The molecule has 0 spiro atoms. The Balaban J connectivity index is 1.64. The van der Waals surface area contributed by atoms with E-state index in [1.165, 1.54) is 16.8 Å². The van der Waals surface area contributed by atoms with Crippen molar-refractivity contribution in [2.75, 3.05) is 38.3 Å². The van der Waals surface area contributed by atoms with Gasteiger partial charge >= 0.3 is 0 Å². The van der Waals surface area contributed by atoms with Crippen molar-refractivity contribution in [3.63, 3.8) is 0 Å². The molecule has 1 aliphatic heterocycles. The predicted octanol–water partition coefficient (Wildman–Crippen LogP) is 4.29. The highest BCUT2D eigenvalue weighted by Gasteiger charge is 2.13. The van der Waals surface area contributed by atoms with Crippen molar-refractivity contribution in [3.8, 4) is 5.75 Å². The van der Waals surface area contributed by atoms with Crippen molar-refractivity contribution in [2.45, 2.75) is 39.8 Å². The maximum Gasteiger partial charge on any atom is 0.120 e. The molecule has 0 atom stereocenters. The minimum absolute atomic E-state index is 0.395. The number of aromatic hydroxyl groups is 1. The number of benzene rings is 2. The lowest BCUT2D eigenvalue weighted by Gasteiger charge is -2.29.